The summed E-state index contributed by atoms with van der Waals surface area (Å²) in [5, 5.41) is 2.81. The summed E-state index contributed by atoms with van der Waals surface area (Å²) in [7, 11) is 0. The summed E-state index contributed by atoms with van der Waals surface area (Å²) in [6.07, 6.45) is 1.55. The predicted octanol–water partition coefficient (Wildman–Crippen LogP) is 1.16. The van der Waals surface area contributed by atoms with Crippen LogP contribution in [0.25, 0.3) is 0 Å². The van der Waals surface area contributed by atoms with Crippen LogP contribution in [0.2, 0.25) is 0 Å². The normalized spacial score (nSPS) is 27.5. The zero-order chi connectivity index (χ0) is 9.68. The van der Waals surface area contributed by atoms with Crippen molar-refractivity contribution in [2.24, 2.45) is 5.92 Å². The van der Waals surface area contributed by atoms with E-state index in [9.17, 15) is 4.79 Å². The van der Waals surface area contributed by atoms with Crippen LogP contribution in [0.15, 0.2) is 0 Å². The molecule has 0 bridgehead atoms. The second kappa shape index (κ2) is 5.45. The number of halogens is 1. The third-order valence-corrected chi connectivity index (χ3v) is 2.52. The van der Waals surface area contributed by atoms with Crippen molar-refractivity contribution in [1.29, 1.82) is 0 Å². The molecule has 2 unspecified atom stereocenters. The minimum absolute atomic E-state index is 0.00937. The van der Waals surface area contributed by atoms with Gasteiger partial charge in [-0.3, -0.25) is 4.79 Å². The van der Waals surface area contributed by atoms with E-state index in [0.29, 0.717) is 24.9 Å². The first kappa shape index (κ1) is 10.8. The second-order valence-electron chi connectivity index (χ2n) is 3.39. The number of amides is 1. The average Bonchev–Trinajstić information content (AvgIpc) is 2.52. The van der Waals surface area contributed by atoms with Crippen molar-refractivity contribution in [2.75, 3.05) is 19.0 Å². The quantitative estimate of drug-likeness (QED) is 0.553. The maximum absolute atomic E-state index is 11.5. The highest BCUT2D eigenvalue weighted by Crippen LogP contribution is 2.19. The van der Waals surface area contributed by atoms with Crippen molar-refractivity contribution in [3.05, 3.63) is 0 Å². The van der Waals surface area contributed by atoms with Crippen molar-refractivity contribution in [1.82, 2.24) is 5.32 Å². The van der Waals surface area contributed by atoms with Gasteiger partial charge in [0, 0.05) is 19.0 Å². The number of carbonyl (C=O) groups is 1. The summed E-state index contributed by atoms with van der Waals surface area (Å²) in [6.45, 7) is 3.39. The molecule has 1 rings (SSSR count). The lowest BCUT2D eigenvalue weighted by atomic mass is 10.0. The summed E-state index contributed by atoms with van der Waals surface area (Å²) in [5.41, 5.74) is 0. The Labute approximate surface area is 83.8 Å². The molecular weight excluding hydrogens is 190 g/mol. The van der Waals surface area contributed by atoms with Crippen LogP contribution < -0.4 is 5.32 Å². The molecule has 1 aliphatic rings. The molecule has 2 atom stereocenters. The monoisotopic (exact) mass is 205 g/mol. The molecule has 0 saturated carbocycles. The van der Waals surface area contributed by atoms with Gasteiger partial charge < -0.3 is 10.1 Å². The van der Waals surface area contributed by atoms with Crippen molar-refractivity contribution >= 4 is 17.5 Å². The lowest BCUT2D eigenvalue weighted by Crippen LogP contribution is -2.37. The van der Waals surface area contributed by atoms with Gasteiger partial charge in [-0.2, -0.15) is 0 Å². The Bertz CT molecular complexity index is 175. The van der Waals surface area contributed by atoms with E-state index >= 15 is 0 Å². The van der Waals surface area contributed by atoms with E-state index in [4.69, 9.17) is 16.3 Å². The first-order chi connectivity index (χ1) is 6.25. The Morgan fingerprint density at radius 1 is 1.69 bits per heavy atom. The molecule has 0 spiro atoms. The van der Waals surface area contributed by atoms with Gasteiger partial charge in [0.05, 0.1) is 0 Å². The summed E-state index contributed by atoms with van der Waals surface area (Å²) in [6, 6.07) is 0. The number of nitrogens with one attached hydrogen (secondary N) is 1. The molecule has 0 aliphatic carbocycles. The molecule has 0 aromatic carbocycles. The van der Waals surface area contributed by atoms with Crippen LogP contribution in [0.4, 0.5) is 0 Å². The molecule has 0 aromatic rings. The van der Waals surface area contributed by atoms with Crippen LogP contribution in [-0.2, 0) is 9.53 Å². The van der Waals surface area contributed by atoms with E-state index in [-0.39, 0.29) is 12.0 Å². The Balaban J connectivity index is 2.22. The average molecular weight is 206 g/mol. The van der Waals surface area contributed by atoms with Crippen LogP contribution >= 0.6 is 11.6 Å². The summed E-state index contributed by atoms with van der Waals surface area (Å²) in [5.74, 6) is 0.938. The van der Waals surface area contributed by atoms with Crippen molar-refractivity contribution < 1.29 is 9.53 Å². The third kappa shape index (κ3) is 3.16. The fourth-order valence-electron chi connectivity index (χ4n) is 1.41. The van der Waals surface area contributed by atoms with Crippen LogP contribution in [0.5, 0.6) is 0 Å². The minimum Gasteiger partial charge on any atom is -0.368 e. The molecule has 1 heterocycles. The highest BCUT2D eigenvalue weighted by atomic mass is 35.5. The number of ether oxygens (including phenoxy) is 1. The highest BCUT2D eigenvalue weighted by Gasteiger charge is 2.30. The smallest absolute Gasteiger partial charge is 0.249 e. The van der Waals surface area contributed by atoms with Gasteiger partial charge in [-0.1, -0.05) is 6.92 Å². The van der Waals surface area contributed by atoms with E-state index in [1.807, 2.05) is 6.92 Å². The Morgan fingerprint density at radius 2 is 2.46 bits per heavy atom. The van der Waals surface area contributed by atoms with E-state index in [0.717, 1.165) is 12.8 Å². The van der Waals surface area contributed by atoms with Crippen LogP contribution in [0.1, 0.15) is 19.8 Å². The van der Waals surface area contributed by atoms with Gasteiger partial charge >= 0.3 is 0 Å². The maximum atomic E-state index is 11.5. The Hall–Kier alpha value is -0.280. The number of alkyl halides is 1. The van der Waals surface area contributed by atoms with Gasteiger partial charge in [-0.15, -0.1) is 11.6 Å². The van der Waals surface area contributed by atoms with E-state index in [1.54, 1.807) is 0 Å². The van der Waals surface area contributed by atoms with Gasteiger partial charge in [0.1, 0.15) is 6.10 Å². The topological polar surface area (TPSA) is 38.3 Å². The lowest BCUT2D eigenvalue weighted by Gasteiger charge is -2.13. The predicted molar refractivity (Wildman–Crippen MR) is 51.9 cm³/mol. The van der Waals surface area contributed by atoms with Crippen LogP contribution in [0, 0.1) is 5.92 Å². The molecule has 0 aromatic heterocycles. The number of hydrogen-bond donors (Lipinski definition) is 1. The Morgan fingerprint density at radius 3 is 3.00 bits per heavy atom. The van der Waals surface area contributed by atoms with E-state index in [2.05, 4.69) is 5.32 Å². The van der Waals surface area contributed by atoms with E-state index < -0.39 is 0 Å². The van der Waals surface area contributed by atoms with Gasteiger partial charge in [0.15, 0.2) is 0 Å². The summed E-state index contributed by atoms with van der Waals surface area (Å²) in [4.78, 5) is 11.5. The molecular formula is C9H16ClNO2. The first-order valence-electron chi connectivity index (χ1n) is 4.71. The van der Waals surface area contributed by atoms with E-state index in [1.165, 1.54) is 0 Å². The molecule has 1 aliphatic heterocycles. The molecule has 1 N–H and O–H groups in total. The molecule has 1 fully saturated rings. The summed E-state index contributed by atoms with van der Waals surface area (Å²) < 4.78 is 5.31. The van der Waals surface area contributed by atoms with Gasteiger partial charge in [0.25, 0.3) is 0 Å². The second-order valence-corrected chi connectivity index (χ2v) is 3.77. The first-order valence-corrected chi connectivity index (χ1v) is 5.24. The Kier molecular flexibility index (Phi) is 4.53. The number of rotatable bonds is 4. The molecule has 4 heteroatoms. The summed E-state index contributed by atoms with van der Waals surface area (Å²) >= 11 is 5.49. The van der Waals surface area contributed by atoms with Crippen molar-refractivity contribution in [3.8, 4) is 0 Å². The highest BCUT2D eigenvalue weighted by molar-refractivity contribution is 6.17. The standard InChI is InChI=1S/C9H16ClNO2/c1-7-3-6-13-8(7)9(12)11-5-2-4-10/h7-8H,2-6H2,1H3,(H,11,12). The van der Waals surface area contributed by atoms with Crippen LogP contribution in [0.3, 0.4) is 0 Å². The number of carbonyl (C=O) groups excluding carboxylic acids is 1. The zero-order valence-electron chi connectivity index (χ0n) is 7.88. The number of hydrogen-bond acceptors (Lipinski definition) is 2. The van der Waals surface area contributed by atoms with Crippen LogP contribution in [-0.4, -0.2) is 31.0 Å². The largest absolute Gasteiger partial charge is 0.368 e. The molecule has 1 saturated heterocycles. The van der Waals surface area contributed by atoms with Gasteiger partial charge in [-0.25, -0.2) is 0 Å². The zero-order valence-corrected chi connectivity index (χ0v) is 8.64. The minimum atomic E-state index is -0.240. The van der Waals surface area contributed by atoms with Gasteiger partial charge in [-0.05, 0) is 18.8 Å². The molecule has 76 valence electrons. The maximum Gasteiger partial charge on any atom is 0.249 e. The third-order valence-electron chi connectivity index (χ3n) is 2.26. The molecule has 13 heavy (non-hydrogen) atoms. The molecule has 1 amide bonds. The molecule has 0 radical (unpaired) electrons. The lowest BCUT2D eigenvalue weighted by molar-refractivity contribution is -0.131. The SMILES string of the molecule is CC1CCOC1C(=O)NCCCCl. The fraction of sp³-hybridized carbons (Fsp3) is 0.889. The van der Waals surface area contributed by atoms with Crippen molar-refractivity contribution in [3.63, 3.8) is 0 Å². The van der Waals surface area contributed by atoms with Crippen molar-refractivity contribution in [2.45, 2.75) is 25.9 Å². The molecule has 3 nitrogen and oxygen atoms in total. The fourth-order valence-corrected chi connectivity index (χ4v) is 1.54. The van der Waals surface area contributed by atoms with Gasteiger partial charge in [0.2, 0.25) is 5.91 Å².